The highest BCUT2D eigenvalue weighted by molar-refractivity contribution is 5.98. The van der Waals surface area contributed by atoms with Crippen molar-refractivity contribution in [2.45, 2.75) is 26.4 Å². The van der Waals surface area contributed by atoms with Crippen LogP contribution in [0.15, 0.2) is 18.2 Å². The standard InChI is InChI=1S/C11H13NO2/c1-7(2)12-6-8-5-9(13)3-4-10(8)11(12)14/h3-5,7,13H,6H2,1-2H3. The fourth-order valence-corrected chi connectivity index (χ4v) is 1.75. The predicted octanol–water partition coefficient (Wildman–Crippen LogP) is 1.76. The van der Waals surface area contributed by atoms with Crippen LogP contribution in [0.5, 0.6) is 5.75 Å². The average Bonchev–Trinajstić information content (AvgIpc) is 2.43. The lowest BCUT2D eigenvalue weighted by atomic mass is 10.1. The maximum Gasteiger partial charge on any atom is 0.254 e. The zero-order chi connectivity index (χ0) is 10.3. The second-order valence-electron chi connectivity index (χ2n) is 3.87. The Labute approximate surface area is 83.0 Å². The van der Waals surface area contributed by atoms with Crippen LogP contribution >= 0.6 is 0 Å². The Morgan fingerprint density at radius 2 is 2.14 bits per heavy atom. The second kappa shape index (κ2) is 3.01. The van der Waals surface area contributed by atoms with E-state index < -0.39 is 0 Å². The number of rotatable bonds is 1. The van der Waals surface area contributed by atoms with Crippen molar-refractivity contribution in [1.29, 1.82) is 0 Å². The summed E-state index contributed by atoms with van der Waals surface area (Å²) in [4.78, 5) is 13.6. The Bertz CT molecular complexity index is 385. The molecule has 0 bridgehead atoms. The van der Waals surface area contributed by atoms with Crippen molar-refractivity contribution in [2.24, 2.45) is 0 Å². The average molecular weight is 191 g/mol. The first-order valence-electron chi connectivity index (χ1n) is 4.72. The molecule has 1 aromatic rings. The third kappa shape index (κ3) is 1.25. The number of hydrogen-bond acceptors (Lipinski definition) is 2. The molecule has 0 aromatic heterocycles. The Kier molecular flexibility index (Phi) is 1.95. The van der Waals surface area contributed by atoms with Gasteiger partial charge in [0, 0.05) is 18.2 Å². The molecule has 3 nitrogen and oxygen atoms in total. The molecule has 2 rings (SSSR count). The Morgan fingerprint density at radius 1 is 1.43 bits per heavy atom. The van der Waals surface area contributed by atoms with Crippen LogP contribution in [0.2, 0.25) is 0 Å². The van der Waals surface area contributed by atoms with Gasteiger partial charge in [-0.3, -0.25) is 4.79 Å². The largest absolute Gasteiger partial charge is 0.508 e. The summed E-state index contributed by atoms with van der Waals surface area (Å²) in [6, 6.07) is 5.11. The number of nitrogens with zero attached hydrogens (tertiary/aromatic N) is 1. The molecule has 0 saturated heterocycles. The third-order valence-electron chi connectivity index (χ3n) is 2.54. The fraction of sp³-hybridized carbons (Fsp3) is 0.364. The smallest absolute Gasteiger partial charge is 0.254 e. The normalized spacial score (nSPS) is 15.1. The quantitative estimate of drug-likeness (QED) is 0.734. The summed E-state index contributed by atoms with van der Waals surface area (Å²) in [5.41, 5.74) is 1.64. The molecule has 0 saturated carbocycles. The molecule has 0 unspecified atom stereocenters. The summed E-state index contributed by atoms with van der Waals surface area (Å²) in [5.74, 6) is 0.289. The minimum Gasteiger partial charge on any atom is -0.508 e. The molecule has 1 N–H and O–H groups in total. The monoisotopic (exact) mass is 191 g/mol. The van der Waals surface area contributed by atoms with Crippen LogP contribution in [-0.4, -0.2) is 22.0 Å². The highest BCUT2D eigenvalue weighted by Crippen LogP contribution is 2.27. The summed E-state index contributed by atoms with van der Waals surface area (Å²) in [6.07, 6.45) is 0. The van der Waals surface area contributed by atoms with E-state index in [1.807, 2.05) is 13.8 Å². The zero-order valence-electron chi connectivity index (χ0n) is 8.32. The van der Waals surface area contributed by atoms with Gasteiger partial charge in [0.15, 0.2) is 0 Å². The van der Waals surface area contributed by atoms with Crippen molar-refractivity contribution in [3.63, 3.8) is 0 Å². The number of phenolic OH excluding ortho intramolecular Hbond substituents is 1. The van der Waals surface area contributed by atoms with Gasteiger partial charge in [0.05, 0.1) is 0 Å². The highest BCUT2D eigenvalue weighted by atomic mass is 16.3. The van der Waals surface area contributed by atoms with Crippen molar-refractivity contribution >= 4 is 5.91 Å². The fourth-order valence-electron chi connectivity index (χ4n) is 1.75. The van der Waals surface area contributed by atoms with E-state index in [1.54, 1.807) is 23.1 Å². The molecule has 1 aliphatic heterocycles. The van der Waals surface area contributed by atoms with E-state index in [9.17, 15) is 9.90 Å². The first-order chi connectivity index (χ1) is 6.59. The highest BCUT2D eigenvalue weighted by Gasteiger charge is 2.28. The van der Waals surface area contributed by atoms with Gasteiger partial charge in [-0.15, -0.1) is 0 Å². The van der Waals surface area contributed by atoms with Gasteiger partial charge in [-0.1, -0.05) is 0 Å². The molecule has 0 fully saturated rings. The molecular weight excluding hydrogens is 178 g/mol. The van der Waals surface area contributed by atoms with E-state index in [-0.39, 0.29) is 17.7 Å². The van der Waals surface area contributed by atoms with Crippen LogP contribution in [0, 0.1) is 0 Å². The van der Waals surface area contributed by atoms with E-state index in [1.165, 1.54) is 0 Å². The molecule has 3 heteroatoms. The van der Waals surface area contributed by atoms with E-state index in [0.29, 0.717) is 6.54 Å². The van der Waals surface area contributed by atoms with E-state index >= 15 is 0 Å². The van der Waals surface area contributed by atoms with Crippen molar-refractivity contribution in [3.05, 3.63) is 29.3 Å². The Hall–Kier alpha value is -1.51. The maximum absolute atomic E-state index is 11.8. The van der Waals surface area contributed by atoms with Crippen molar-refractivity contribution in [1.82, 2.24) is 4.90 Å². The molecule has 0 atom stereocenters. The molecule has 1 aromatic carbocycles. The minimum atomic E-state index is 0.0648. The number of amides is 1. The number of phenols is 1. The van der Waals surface area contributed by atoms with Gasteiger partial charge < -0.3 is 10.0 Å². The second-order valence-corrected chi connectivity index (χ2v) is 3.87. The van der Waals surface area contributed by atoms with Gasteiger partial charge in [0.2, 0.25) is 0 Å². The predicted molar refractivity (Wildman–Crippen MR) is 53.1 cm³/mol. The molecule has 1 amide bonds. The van der Waals surface area contributed by atoms with Crippen molar-refractivity contribution < 1.29 is 9.90 Å². The summed E-state index contributed by atoms with van der Waals surface area (Å²) >= 11 is 0. The summed E-state index contributed by atoms with van der Waals surface area (Å²) < 4.78 is 0. The lowest BCUT2D eigenvalue weighted by Crippen LogP contribution is -2.30. The number of aromatic hydroxyl groups is 1. The molecule has 0 aliphatic carbocycles. The third-order valence-corrected chi connectivity index (χ3v) is 2.54. The Morgan fingerprint density at radius 3 is 2.79 bits per heavy atom. The van der Waals surface area contributed by atoms with Crippen molar-refractivity contribution in [3.8, 4) is 5.75 Å². The minimum absolute atomic E-state index is 0.0648. The number of benzene rings is 1. The number of fused-ring (bicyclic) bond motifs is 1. The van der Waals surface area contributed by atoms with Crippen LogP contribution in [0.3, 0.4) is 0 Å². The molecular formula is C11H13NO2. The van der Waals surface area contributed by atoms with E-state index in [4.69, 9.17) is 0 Å². The number of hydrogen-bond donors (Lipinski definition) is 1. The van der Waals surface area contributed by atoms with E-state index in [2.05, 4.69) is 0 Å². The summed E-state index contributed by atoms with van der Waals surface area (Å²) in [5, 5.41) is 9.28. The molecule has 0 radical (unpaired) electrons. The van der Waals surface area contributed by atoms with Gasteiger partial charge >= 0.3 is 0 Å². The van der Waals surface area contributed by atoms with Gasteiger partial charge in [-0.25, -0.2) is 0 Å². The van der Waals surface area contributed by atoms with Gasteiger partial charge in [-0.2, -0.15) is 0 Å². The number of carbonyl (C=O) groups excluding carboxylic acids is 1. The molecule has 1 aliphatic rings. The van der Waals surface area contributed by atoms with Crippen LogP contribution in [0.4, 0.5) is 0 Å². The lowest BCUT2D eigenvalue weighted by molar-refractivity contribution is 0.0730. The molecule has 1 heterocycles. The molecule has 0 spiro atoms. The maximum atomic E-state index is 11.8. The number of carbonyl (C=O) groups is 1. The lowest BCUT2D eigenvalue weighted by Gasteiger charge is -2.19. The van der Waals surface area contributed by atoms with Crippen LogP contribution in [0.25, 0.3) is 0 Å². The Balaban J connectivity index is 2.40. The van der Waals surface area contributed by atoms with Gasteiger partial charge in [0.25, 0.3) is 5.91 Å². The topological polar surface area (TPSA) is 40.5 Å². The van der Waals surface area contributed by atoms with Crippen molar-refractivity contribution in [2.75, 3.05) is 0 Å². The van der Waals surface area contributed by atoms with Gasteiger partial charge in [0.1, 0.15) is 5.75 Å². The SMILES string of the molecule is CC(C)N1Cc2cc(O)ccc2C1=O. The first kappa shape index (κ1) is 9.06. The van der Waals surface area contributed by atoms with E-state index in [0.717, 1.165) is 11.1 Å². The summed E-state index contributed by atoms with van der Waals surface area (Å²) in [6.45, 7) is 4.59. The molecule has 14 heavy (non-hydrogen) atoms. The van der Waals surface area contributed by atoms with Crippen LogP contribution in [-0.2, 0) is 6.54 Å². The van der Waals surface area contributed by atoms with Crippen LogP contribution < -0.4 is 0 Å². The zero-order valence-corrected chi connectivity index (χ0v) is 8.32. The van der Waals surface area contributed by atoms with Crippen LogP contribution in [0.1, 0.15) is 29.8 Å². The van der Waals surface area contributed by atoms with Gasteiger partial charge in [-0.05, 0) is 37.6 Å². The molecule has 74 valence electrons. The summed E-state index contributed by atoms with van der Waals surface area (Å²) in [7, 11) is 0. The first-order valence-corrected chi connectivity index (χ1v) is 4.72.